The molecule has 11 nitrogen and oxygen atoms in total. The third kappa shape index (κ3) is 7.00. The largest absolute Gasteiger partial charge is 0.444 e. The van der Waals surface area contributed by atoms with Crippen LogP contribution in [0.25, 0.3) is 10.7 Å². The van der Waals surface area contributed by atoms with Gasteiger partial charge in [0.1, 0.15) is 22.1 Å². The molecular formula is C31H42N8O3S. The Hall–Kier alpha value is -3.54. The Labute approximate surface area is 256 Å². The van der Waals surface area contributed by atoms with E-state index in [-0.39, 0.29) is 23.7 Å². The molecule has 1 unspecified atom stereocenters. The molecule has 0 aromatic carbocycles. The van der Waals surface area contributed by atoms with Crippen molar-refractivity contribution in [1.82, 2.24) is 29.6 Å². The molecule has 0 bridgehead atoms. The first kappa shape index (κ1) is 29.5. The fourth-order valence-corrected chi connectivity index (χ4v) is 6.74. The third-order valence-corrected chi connectivity index (χ3v) is 9.52. The van der Waals surface area contributed by atoms with E-state index in [1.165, 1.54) is 37.0 Å². The first-order valence-corrected chi connectivity index (χ1v) is 16.3. The molecule has 3 aliphatic rings. The molecule has 0 N–H and O–H groups in total. The second-order valence-corrected chi connectivity index (χ2v) is 14.0. The second kappa shape index (κ2) is 12.2. The number of hydrogen-bond donors (Lipinski definition) is 0. The Balaban J connectivity index is 1.15. The van der Waals surface area contributed by atoms with Crippen LogP contribution < -0.4 is 15.4 Å². The van der Waals surface area contributed by atoms with Gasteiger partial charge in [0.2, 0.25) is 0 Å². The van der Waals surface area contributed by atoms with Crippen molar-refractivity contribution < 1.29 is 9.53 Å². The van der Waals surface area contributed by atoms with Crippen molar-refractivity contribution in [2.24, 2.45) is 5.92 Å². The fraction of sp³-hybridized carbons (Fsp3) is 0.613. The maximum atomic E-state index is 13.4. The van der Waals surface area contributed by atoms with Gasteiger partial charge < -0.3 is 24.0 Å². The highest BCUT2D eigenvalue weighted by Crippen LogP contribution is 2.33. The molecule has 1 amide bonds. The van der Waals surface area contributed by atoms with Crippen LogP contribution in [-0.2, 0) is 4.74 Å². The minimum Gasteiger partial charge on any atom is -0.444 e. The number of anilines is 2. The number of rotatable bonds is 8. The number of hydrogen-bond acceptors (Lipinski definition) is 10. The number of aromatic nitrogens is 5. The first-order valence-electron chi connectivity index (χ1n) is 15.5. The van der Waals surface area contributed by atoms with Gasteiger partial charge in [-0.3, -0.25) is 9.78 Å². The van der Waals surface area contributed by atoms with Crippen molar-refractivity contribution in [3.8, 4) is 10.7 Å². The summed E-state index contributed by atoms with van der Waals surface area (Å²) in [4.78, 5) is 42.1. The topological polar surface area (TPSA) is 110 Å². The molecule has 3 fully saturated rings. The van der Waals surface area contributed by atoms with Crippen LogP contribution in [0.2, 0.25) is 0 Å². The molecule has 1 saturated carbocycles. The molecule has 3 aromatic rings. The number of amides is 1. The lowest BCUT2D eigenvalue weighted by molar-refractivity contribution is 0.0134. The van der Waals surface area contributed by atoms with E-state index in [4.69, 9.17) is 9.72 Å². The zero-order valence-electron chi connectivity index (χ0n) is 25.6. The summed E-state index contributed by atoms with van der Waals surface area (Å²) in [7, 11) is 0. The maximum absolute atomic E-state index is 13.4. The maximum Gasteiger partial charge on any atom is 0.410 e. The van der Waals surface area contributed by atoms with Gasteiger partial charge in [0.15, 0.2) is 5.01 Å². The van der Waals surface area contributed by atoms with Crippen LogP contribution in [0, 0.1) is 5.92 Å². The zero-order chi connectivity index (χ0) is 30.1. The highest BCUT2D eigenvalue weighted by molar-refractivity contribution is 7.14. The van der Waals surface area contributed by atoms with Crippen molar-refractivity contribution in [2.75, 3.05) is 42.5 Å². The van der Waals surface area contributed by atoms with Crippen LogP contribution in [0.3, 0.4) is 0 Å². The molecule has 3 aromatic heterocycles. The van der Waals surface area contributed by atoms with Crippen LogP contribution in [0.15, 0.2) is 35.5 Å². The molecule has 2 saturated heterocycles. The summed E-state index contributed by atoms with van der Waals surface area (Å²) in [6.45, 7) is 12.0. The highest BCUT2D eigenvalue weighted by atomic mass is 32.1. The molecule has 2 atom stereocenters. The SMILES string of the molecule is CC(c1nnc(-c2cncc(N3CCCC3)n2)s1)n1ccc(N2CCC[C@@H](N(CC3CC3)C(=O)OC(C)(C)C)C2)cc1=O. The highest BCUT2D eigenvalue weighted by Gasteiger charge is 2.36. The van der Waals surface area contributed by atoms with Gasteiger partial charge in [-0.2, -0.15) is 0 Å². The lowest BCUT2D eigenvalue weighted by Crippen LogP contribution is -2.52. The Morgan fingerprint density at radius 3 is 2.58 bits per heavy atom. The van der Waals surface area contributed by atoms with Crippen molar-refractivity contribution in [1.29, 1.82) is 0 Å². The van der Waals surface area contributed by atoms with E-state index in [0.29, 0.717) is 23.2 Å². The van der Waals surface area contributed by atoms with Crippen molar-refractivity contribution in [2.45, 2.75) is 83.9 Å². The minimum atomic E-state index is -0.535. The Morgan fingerprint density at radius 2 is 1.86 bits per heavy atom. The van der Waals surface area contributed by atoms with E-state index < -0.39 is 5.60 Å². The molecule has 6 rings (SSSR count). The molecular weight excluding hydrogens is 564 g/mol. The summed E-state index contributed by atoms with van der Waals surface area (Å²) in [6, 6.07) is 3.46. The summed E-state index contributed by atoms with van der Waals surface area (Å²) in [6.07, 6.45) is 11.7. The number of nitrogens with zero attached hydrogens (tertiary/aromatic N) is 8. The Bertz CT molecular complexity index is 1490. The van der Waals surface area contributed by atoms with Gasteiger partial charge in [-0.1, -0.05) is 11.3 Å². The van der Waals surface area contributed by atoms with E-state index in [1.54, 1.807) is 23.0 Å². The predicted octanol–water partition coefficient (Wildman–Crippen LogP) is 4.98. The number of carbonyl (C=O) groups excluding carboxylic acids is 1. The Kier molecular flexibility index (Phi) is 8.39. The van der Waals surface area contributed by atoms with Gasteiger partial charge in [-0.15, -0.1) is 10.2 Å². The molecule has 43 heavy (non-hydrogen) atoms. The molecule has 2 aliphatic heterocycles. The van der Waals surface area contributed by atoms with E-state index >= 15 is 0 Å². The van der Waals surface area contributed by atoms with Crippen LogP contribution in [0.1, 0.15) is 77.3 Å². The van der Waals surface area contributed by atoms with E-state index in [0.717, 1.165) is 55.5 Å². The number of pyridine rings is 1. The monoisotopic (exact) mass is 606 g/mol. The third-order valence-electron chi connectivity index (χ3n) is 8.40. The van der Waals surface area contributed by atoms with Gasteiger partial charge in [0.25, 0.3) is 5.56 Å². The van der Waals surface area contributed by atoms with Crippen molar-refractivity contribution >= 4 is 28.9 Å². The smallest absolute Gasteiger partial charge is 0.410 e. The van der Waals surface area contributed by atoms with Gasteiger partial charge in [0, 0.05) is 50.7 Å². The minimum absolute atomic E-state index is 0.0532. The standard InChI is InChI=1S/C31H42N8O3S/c1-21(28-34-35-29(43-28)25-17-32-18-26(33-25)36-12-5-6-13-36)38-15-11-23(16-27(38)40)37-14-7-8-24(20-37)39(19-22-9-10-22)30(41)42-31(2,3)4/h11,15-18,21-22,24H,5-10,12-14,19-20H2,1-4H3/t21?,24-/m1/s1. The van der Waals surface area contributed by atoms with Crippen LogP contribution >= 0.6 is 11.3 Å². The summed E-state index contributed by atoms with van der Waals surface area (Å²) in [5.74, 6) is 1.43. The zero-order valence-corrected chi connectivity index (χ0v) is 26.4. The summed E-state index contributed by atoms with van der Waals surface area (Å²) in [5.41, 5.74) is 0.944. The van der Waals surface area contributed by atoms with Crippen LogP contribution in [0.4, 0.5) is 16.3 Å². The lowest BCUT2D eigenvalue weighted by Gasteiger charge is -2.40. The van der Waals surface area contributed by atoms with E-state index in [9.17, 15) is 9.59 Å². The summed E-state index contributed by atoms with van der Waals surface area (Å²) < 4.78 is 7.48. The number of carbonyl (C=O) groups is 1. The summed E-state index contributed by atoms with van der Waals surface area (Å²) in [5, 5.41) is 10.2. The normalized spacial score (nSPS) is 19.9. The van der Waals surface area contributed by atoms with Gasteiger partial charge in [-0.25, -0.2) is 9.78 Å². The molecule has 1 aliphatic carbocycles. The predicted molar refractivity (Wildman–Crippen MR) is 168 cm³/mol. The molecule has 0 radical (unpaired) electrons. The van der Waals surface area contributed by atoms with Gasteiger partial charge >= 0.3 is 6.09 Å². The first-order chi connectivity index (χ1) is 20.6. The molecule has 230 valence electrons. The van der Waals surface area contributed by atoms with E-state index in [1.807, 2.05) is 44.9 Å². The molecule has 5 heterocycles. The van der Waals surface area contributed by atoms with Crippen LogP contribution in [-0.4, -0.2) is 80.1 Å². The fourth-order valence-electron chi connectivity index (χ4n) is 5.89. The average molecular weight is 607 g/mol. The Morgan fingerprint density at radius 1 is 1.09 bits per heavy atom. The number of ether oxygens (including phenoxy) is 1. The quantitative estimate of drug-likeness (QED) is 0.351. The van der Waals surface area contributed by atoms with Crippen LogP contribution in [0.5, 0.6) is 0 Å². The van der Waals surface area contributed by atoms with E-state index in [2.05, 4.69) is 25.0 Å². The number of piperidine rings is 1. The van der Waals surface area contributed by atoms with Crippen molar-refractivity contribution in [3.63, 3.8) is 0 Å². The average Bonchev–Trinajstić information content (AvgIpc) is 3.41. The molecule has 0 spiro atoms. The second-order valence-electron chi connectivity index (χ2n) is 13.0. The van der Waals surface area contributed by atoms with Crippen molar-refractivity contribution in [3.05, 3.63) is 46.1 Å². The lowest BCUT2D eigenvalue weighted by atomic mass is 10.0. The molecule has 12 heteroatoms. The van der Waals surface area contributed by atoms with Gasteiger partial charge in [-0.05, 0) is 78.2 Å². The summed E-state index contributed by atoms with van der Waals surface area (Å²) >= 11 is 1.44. The van der Waals surface area contributed by atoms with Gasteiger partial charge in [0.05, 0.1) is 24.5 Å².